The molecule has 1 heterocycles. The van der Waals surface area contributed by atoms with Crippen molar-refractivity contribution in [3.8, 4) is 0 Å². The molecule has 3 heteroatoms. The van der Waals surface area contributed by atoms with Crippen LogP contribution in [0.25, 0.3) is 0 Å². The molecule has 1 N–H and O–H groups in total. The molecule has 1 saturated heterocycles. The topological polar surface area (TPSA) is 40.5 Å². The molecule has 1 aliphatic rings. The molecule has 0 radical (unpaired) electrons. The van der Waals surface area contributed by atoms with Gasteiger partial charge in [0.25, 0.3) is 0 Å². The van der Waals surface area contributed by atoms with E-state index in [1.165, 1.54) is 0 Å². The summed E-state index contributed by atoms with van der Waals surface area (Å²) < 4.78 is 0. The van der Waals surface area contributed by atoms with E-state index in [9.17, 15) is 9.90 Å². The van der Waals surface area contributed by atoms with E-state index >= 15 is 0 Å². The first-order valence-corrected chi connectivity index (χ1v) is 7.38. The van der Waals surface area contributed by atoms with Gasteiger partial charge in [0.15, 0.2) is 5.78 Å². The Hall–Kier alpha value is -1.19. The molecule has 0 saturated carbocycles. The highest BCUT2D eigenvalue weighted by Crippen LogP contribution is 2.24. The molecule has 110 valence electrons. The zero-order chi connectivity index (χ0) is 14.9. The number of benzene rings is 1. The first-order chi connectivity index (χ1) is 9.30. The second kappa shape index (κ2) is 5.66. The lowest BCUT2D eigenvalue weighted by molar-refractivity contribution is -0.0242. The molecule has 1 aromatic rings. The number of hydrogen-bond donors (Lipinski definition) is 1. The SMILES string of the molecule is Cc1ccc(C)c(C(=O)C(C)N2CCCC(C)(O)C2)c1. The number of carbonyl (C=O) groups is 1. The van der Waals surface area contributed by atoms with Gasteiger partial charge in [-0.05, 0) is 58.7 Å². The van der Waals surface area contributed by atoms with Crippen LogP contribution >= 0.6 is 0 Å². The second-order valence-corrected chi connectivity index (χ2v) is 6.43. The quantitative estimate of drug-likeness (QED) is 0.862. The van der Waals surface area contributed by atoms with Crippen LogP contribution < -0.4 is 0 Å². The molecule has 0 spiro atoms. The predicted molar refractivity (Wildman–Crippen MR) is 81.1 cm³/mol. The Morgan fingerprint density at radius 3 is 2.75 bits per heavy atom. The van der Waals surface area contributed by atoms with Crippen LogP contribution in [0.5, 0.6) is 0 Å². The number of ketones is 1. The van der Waals surface area contributed by atoms with E-state index in [-0.39, 0.29) is 11.8 Å². The second-order valence-electron chi connectivity index (χ2n) is 6.43. The molecular weight excluding hydrogens is 250 g/mol. The van der Waals surface area contributed by atoms with Crippen LogP contribution in [-0.4, -0.2) is 40.5 Å². The van der Waals surface area contributed by atoms with Gasteiger partial charge in [-0.25, -0.2) is 0 Å². The highest BCUT2D eigenvalue weighted by molar-refractivity contribution is 6.01. The Labute approximate surface area is 121 Å². The van der Waals surface area contributed by atoms with Crippen molar-refractivity contribution in [2.24, 2.45) is 0 Å². The van der Waals surface area contributed by atoms with Gasteiger partial charge in [0.2, 0.25) is 0 Å². The number of aliphatic hydroxyl groups is 1. The molecule has 2 unspecified atom stereocenters. The molecule has 1 fully saturated rings. The molecule has 20 heavy (non-hydrogen) atoms. The van der Waals surface area contributed by atoms with Crippen molar-refractivity contribution in [2.45, 2.75) is 52.2 Å². The number of likely N-dealkylation sites (tertiary alicyclic amines) is 1. The number of piperidine rings is 1. The van der Waals surface area contributed by atoms with Crippen molar-refractivity contribution in [3.05, 3.63) is 34.9 Å². The summed E-state index contributed by atoms with van der Waals surface area (Å²) in [5, 5.41) is 10.2. The Morgan fingerprint density at radius 1 is 1.40 bits per heavy atom. The van der Waals surface area contributed by atoms with Gasteiger partial charge >= 0.3 is 0 Å². The molecular formula is C17H25NO2. The van der Waals surface area contributed by atoms with Gasteiger partial charge in [-0.3, -0.25) is 9.69 Å². The maximum Gasteiger partial charge on any atom is 0.179 e. The van der Waals surface area contributed by atoms with E-state index in [0.717, 1.165) is 36.1 Å². The maximum absolute atomic E-state index is 12.7. The van der Waals surface area contributed by atoms with Crippen molar-refractivity contribution in [1.29, 1.82) is 0 Å². The van der Waals surface area contributed by atoms with Gasteiger partial charge in [-0.2, -0.15) is 0 Å². The summed E-state index contributed by atoms with van der Waals surface area (Å²) in [7, 11) is 0. The van der Waals surface area contributed by atoms with Gasteiger partial charge in [0, 0.05) is 12.1 Å². The number of Topliss-reactive ketones (excluding diaryl/α,β-unsaturated/α-hetero) is 1. The summed E-state index contributed by atoms with van der Waals surface area (Å²) in [6.07, 6.45) is 1.76. The molecule has 2 atom stereocenters. The minimum atomic E-state index is -0.672. The van der Waals surface area contributed by atoms with Crippen LogP contribution in [0, 0.1) is 13.8 Å². The Morgan fingerprint density at radius 2 is 2.10 bits per heavy atom. The highest BCUT2D eigenvalue weighted by atomic mass is 16.3. The summed E-state index contributed by atoms with van der Waals surface area (Å²) in [4.78, 5) is 14.8. The average Bonchev–Trinajstić information content (AvgIpc) is 2.38. The van der Waals surface area contributed by atoms with E-state index in [1.807, 2.05) is 45.9 Å². The zero-order valence-electron chi connectivity index (χ0n) is 12.9. The Balaban J connectivity index is 2.18. The standard InChI is InChI=1S/C17H25NO2/c1-12-6-7-13(2)15(10-12)16(19)14(3)18-9-5-8-17(4,20)11-18/h6-7,10,14,20H,5,8-9,11H2,1-4H3. The van der Waals surface area contributed by atoms with Crippen LogP contribution in [0.15, 0.2) is 18.2 Å². The number of β-amino-alcohol motifs (C(OH)–C–C–N with tert-alkyl or cyclic N) is 1. The van der Waals surface area contributed by atoms with Gasteiger partial charge in [-0.1, -0.05) is 17.7 Å². The Bertz CT molecular complexity index is 508. The number of carbonyl (C=O) groups excluding carboxylic acids is 1. The summed E-state index contributed by atoms with van der Waals surface area (Å²) in [6.45, 7) is 9.25. The summed E-state index contributed by atoms with van der Waals surface area (Å²) in [5.74, 6) is 0.156. The molecule has 3 nitrogen and oxygen atoms in total. The fourth-order valence-corrected chi connectivity index (χ4v) is 2.98. The Kier molecular flexibility index (Phi) is 4.31. The molecule has 1 aliphatic heterocycles. The smallest absolute Gasteiger partial charge is 0.179 e. The number of rotatable bonds is 3. The monoisotopic (exact) mass is 275 g/mol. The number of hydrogen-bond acceptors (Lipinski definition) is 3. The van der Waals surface area contributed by atoms with Gasteiger partial charge < -0.3 is 5.11 Å². The van der Waals surface area contributed by atoms with E-state index in [1.54, 1.807) is 0 Å². The van der Waals surface area contributed by atoms with E-state index in [0.29, 0.717) is 6.54 Å². The van der Waals surface area contributed by atoms with Crippen LogP contribution in [0.3, 0.4) is 0 Å². The van der Waals surface area contributed by atoms with Crippen molar-refractivity contribution in [2.75, 3.05) is 13.1 Å². The van der Waals surface area contributed by atoms with Gasteiger partial charge in [0.1, 0.15) is 0 Å². The van der Waals surface area contributed by atoms with E-state index in [4.69, 9.17) is 0 Å². The first kappa shape index (κ1) is 15.2. The first-order valence-electron chi connectivity index (χ1n) is 7.38. The number of nitrogens with zero attached hydrogens (tertiary/aromatic N) is 1. The van der Waals surface area contributed by atoms with Crippen molar-refractivity contribution >= 4 is 5.78 Å². The minimum Gasteiger partial charge on any atom is -0.389 e. The van der Waals surface area contributed by atoms with Crippen LogP contribution in [-0.2, 0) is 0 Å². The normalized spacial score (nSPS) is 25.4. The molecule has 1 aromatic carbocycles. The number of aryl methyl sites for hydroxylation is 2. The third-order valence-corrected chi connectivity index (χ3v) is 4.29. The molecule has 0 amide bonds. The van der Waals surface area contributed by atoms with Crippen LogP contribution in [0.2, 0.25) is 0 Å². The van der Waals surface area contributed by atoms with Crippen molar-refractivity contribution in [3.63, 3.8) is 0 Å². The van der Waals surface area contributed by atoms with Crippen molar-refractivity contribution in [1.82, 2.24) is 4.90 Å². The summed E-state index contributed by atoms with van der Waals surface area (Å²) in [6, 6.07) is 5.82. The van der Waals surface area contributed by atoms with Crippen LogP contribution in [0.1, 0.15) is 48.2 Å². The largest absolute Gasteiger partial charge is 0.389 e. The highest BCUT2D eigenvalue weighted by Gasteiger charge is 2.33. The summed E-state index contributed by atoms with van der Waals surface area (Å²) in [5.41, 5.74) is 2.27. The predicted octanol–water partition coefficient (Wildman–Crippen LogP) is 2.72. The fourth-order valence-electron chi connectivity index (χ4n) is 2.98. The van der Waals surface area contributed by atoms with Gasteiger partial charge in [0.05, 0.1) is 11.6 Å². The van der Waals surface area contributed by atoms with Gasteiger partial charge in [-0.15, -0.1) is 0 Å². The molecule has 0 aromatic heterocycles. The molecule has 0 aliphatic carbocycles. The van der Waals surface area contributed by atoms with E-state index < -0.39 is 5.60 Å². The minimum absolute atomic E-state index is 0.156. The fraction of sp³-hybridized carbons (Fsp3) is 0.588. The van der Waals surface area contributed by atoms with Crippen LogP contribution in [0.4, 0.5) is 0 Å². The zero-order valence-corrected chi connectivity index (χ0v) is 12.9. The maximum atomic E-state index is 12.7. The third kappa shape index (κ3) is 3.28. The van der Waals surface area contributed by atoms with E-state index in [2.05, 4.69) is 4.90 Å². The summed E-state index contributed by atoms with van der Waals surface area (Å²) >= 11 is 0. The molecule has 2 rings (SSSR count). The lowest BCUT2D eigenvalue weighted by atomic mass is 9.91. The molecule has 0 bridgehead atoms. The lowest BCUT2D eigenvalue weighted by Gasteiger charge is -2.39. The third-order valence-electron chi connectivity index (χ3n) is 4.29. The average molecular weight is 275 g/mol. The van der Waals surface area contributed by atoms with Crippen molar-refractivity contribution < 1.29 is 9.90 Å². The lowest BCUT2D eigenvalue weighted by Crippen LogP contribution is -2.51.